The number of hydrogen-bond donors (Lipinski definition) is 0. The van der Waals surface area contributed by atoms with Gasteiger partial charge in [-0.15, -0.1) is 5.01 Å². The first-order chi connectivity index (χ1) is 7.63. The Morgan fingerprint density at radius 2 is 2.31 bits per heavy atom. The van der Waals surface area contributed by atoms with Crippen LogP contribution in [0.2, 0.25) is 0 Å². The quantitative estimate of drug-likeness (QED) is 0.232. The maximum atomic E-state index is 11.1. The first-order valence-corrected chi connectivity index (χ1v) is 5.05. The van der Waals surface area contributed by atoms with Crippen LogP contribution in [0, 0.1) is 5.21 Å². The average Bonchev–Trinajstić information content (AvgIpc) is 2.12. The summed E-state index contributed by atoms with van der Waals surface area (Å²) in [5.74, 6) is 0. The maximum absolute atomic E-state index is 11.1. The highest BCUT2D eigenvalue weighted by molar-refractivity contribution is 5.59. The van der Waals surface area contributed by atoms with Crippen molar-refractivity contribution in [3.05, 3.63) is 5.21 Å². The first kappa shape index (κ1) is 12.3. The van der Waals surface area contributed by atoms with Gasteiger partial charge in [0.1, 0.15) is 0 Å². The summed E-state index contributed by atoms with van der Waals surface area (Å²) in [7, 11) is 0. The van der Waals surface area contributed by atoms with Gasteiger partial charge in [0, 0.05) is 6.92 Å². The van der Waals surface area contributed by atoms with E-state index in [0.717, 1.165) is 6.42 Å². The molecule has 1 fully saturated rings. The number of rotatable bonds is 5. The molecule has 0 N–H and O–H groups in total. The second kappa shape index (κ2) is 5.99. The van der Waals surface area contributed by atoms with Crippen LogP contribution in [-0.2, 0) is 14.3 Å². The van der Waals surface area contributed by atoms with Gasteiger partial charge in [-0.25, -0.2) is 4.79 Å². The molecule has 0 aromatic rings. The molecule has 0 bridgehead atoms. The van der Waals surface area contributed by atoms with Crippen molar-refractivity contribution in [3.63, 3.8) is 0 Å². The van der Waals surface area contributed by atoms with Gasteiger partial charge < -0.3 is 14.7 Å². The molecule has 1 aliphatic heterocycles. The van der Waals surface area contributed by atoms with Gasteiger partial charge in [-0.3, -0.25) is 4.84 Å². The molecule has 8 nitrogen and oxygen atoms in total. The van der Waals surface area contributed by atoms with Gasteiger partial charge >= 0.3 is 6.16 Å². The summed E-state index contributed by atoms with van der Waals surface area (Å²) in [5, 5.41) is 15.8. The molecule has 1 heterocycles. The van der Waals surface area contributed by atoms with Gasteiger partial charge in [-0.2, -0.15) is 0 Å². The number of hydrogen-bond acceptors (Lipinski definition) is 6. The van der Waals surface area contributed by atoms with Crippen molar-refractivity contribution >= 4 is 6.16 Å². The Hall–Kier alpha value is -1.73. The highest BCUT2D eigenvalue weighted by Gasteiger charge is 2.22. The average molecular weight is 233 g/mol. The Balaban J connectivity index is 2.22. The molecular formula is C8H15N3O5. The van der Waals surface area contributed by atoms with Crippen LogP contribution in [0.25, 0.3) is 0 Å². The van der Waals surface area contributed by atoms with Crippen LogP contribution in [0.3, 0.4) is 0 Å². The van der Waals surface area contributed by atoms with E-state index in [-0.39, 0.29) is 6.61 Å². The zero-order valence-electron chi connectivity index (χ0n) is 9.29. The molecule has 0 aromatic carbocycles. The van der Waals surface area contributed by atoms with E-state index in [1.54, 1.807) is 6.92 Å². The van der Waals surface area contributed by atoms with Crippen molar-refractivity contribution < 1.29 is 24.1 Å². The van der Waals surface area contributed by atoms with Crippen molar-refractivity contribution in [3.8, 4) is 0 Å². The van der Waals surface area contributed by atoms with E-state index in [9.17, 15) is 10.0 Å². The Labute approximate surface area is 92.9 Å². The molecule has 0 saturated carbocycles. The predicted octanol–water partition coefficient (Wildman–Crippen LogP) is 1.02. The lowest BCUT2D eigenvalue weighted by Crippen LogP contribution is -2.42. The summed E-state index contributed by atoms with van der Waals surface area (Å²) >= 11 is 0. The lowest BCUT2D eigenvalue weighted by atomic mass is 10.3. The predicted molar refractivity (Wildman–Crippen MR) is 50.9 cm³/mol. The summed E-state index contributed by atoms with van der Waals surface area (Å²) in [6.45, 7) is 4.61. The molecule has 1 unspecified atom stereocenters. The van der Waals surface area contributed by atoms with Crippen LogP contribution in [0.4, 0.5) is 4.79 Å². The molecule has 8 heteroatoms. The fourth-order valence-electron chi connectivity index (χ4n) is 0.938. The standard InChI is InChI=1S/C8H15N3O5/c1-3-14-8(12)15-7(2)16-9-11(13)10-5-4-6-10/h7H,3-6H2,1-2H3/b11-9+. The third-order valence-corrected chi connectivity index (χ3v) is 1.86. The fraction of sp³-hybridized carbons (Fsp3) is 0.875. The molecular weight excluding hydrogens is 218 g/mol. The molecule has 1 rings (SSSR count). The number of nitrogens with zero attached hydrogens (tertiary/aromatic N) is 3. The second-order valence-electron chi connectivity index (χ2n) is 3.12. The number of ether oxygens (including phenoxy) is 2. The van der Waals surface area contributed by atoms with E-state index in [4.69, 9.17) is 0 Å². The van der Waals surface area contributed by atoms with Crippen molar-refractivity contribution in [1.29, 1.82) is 0 Å². The van der Waals surface area contributed by atoms with Crippen molar-refractivity contribution in [2.45, 2.75) is 26.6 Å². The normalized spacial score (nSPS) is 17.4. The largest absolute Gasteiger partial charge is 0.569 e. The van der Waals surface area contributed by atoms with Crippen LogP contribution in [0.15, 0.2) is 5.28 Å². The molecule has 0 amide bonds. The Bertz CT molecular complexity index is 266. The van der Waals surface area contributed by atoms with Gasteiger partial charge in [0.25, 0.3) is 6.29 Å². The zero-order chi connectivity index (χ0) is 12.0. The Morgan fingerprint density at radius 3 is 2.81 bits per heavy atom. The number of carbonyl (C=O) groups is 1. The molecule has 0 aliphatic carbocycles. The monoisotopic (exact) mass is 233 g/mol. The third kappa shape index (κ3) is 3.79. The third-order valence-electron chi connectivity index (χ3n) is 1.86. The first-order valence-electron chi connectivity index (χ1n) is 5.05. The van der Waals surface area contributed by atoms with E-state index in [0.29, 0.717) is 18.1 Å². The molecule has 92 valence electrons. The SMILES string of the molecule is CCOC(=O)OC(C)O/N=[N+](/[O-])N1CCC1. The van der Waals surface area contributed by atoms with E-state index in [1.165, 1.54) is 11.9 Å². The van der Waals surface area contributed by atoms with Gasteiger partial charge in [-0.1, -0.05) is 0 Å². The van der Waals surface area contributed by atoms with Crippen LogP contribution in [0.1, 0.15) is 20.3 Å². The summed E-state index contributed by atoms with van der Waals surface area (Å²) in [5.41, 5.74) is 0. The smallest absolute Gasteiger partial charge is 0.511 e. The Morgan fingerprint density at radius 1 is 1.62 bits per heavy atom. The molecule has 0 radical (unpaired) electrons. The number of hydrazine groups is 1. The second-order valence-corrected chi connectivity index (χ2v) is 3.12. The molecule has 16 heavy (non-hydrogen) atoms. The van der Waals surface area contributed by atoms with Crippen LogP contribution in [0.5, 0.6) is 0 Å². The highest BCUT2D eigenvalue weighted by atomic mass is 16.8. The maximum Gasteiger partial charge on any atom is 0.511 e. The van der Waals surface area contributed by atoms with Gasteiger partial charge in [0.15, 0.2) is 0 Å². The van der Waals surface area contributed by atoms with Gasteiger partial charge in [0.2, 0.25) is 5.28 Å². The van der Waals surface area contributed by atoms with Crippen molar-refractivity contribution in [1.82, 2.24) is 5.01 Å². The minimum Gasteiger partial charge on any atom is -0.569 e. The van der Waals surface area contributed by atoms with Crippen molar-refractivity contribution in [2.24, 2.45) is 5.28 Å². The van der Waals surface area contributed by atoms with E-state index >= 15 is 0 Å². The van der Waals surface area contributed by atoms with E-state index in [1.807, 2.05) is 0 Å². The van der Waals surface area contributed by atoms with E-state index < -0.39 is 12.4 Å². The minimum atomic E-state index is -0.961. The van der Waals surface area contributed by atoms with Crippen LogP contribution in [-0.4, -0.2) is 42.1 Å². The Kier molecular flexibility index (Phi) is 4.62. The summed E-state index contributed by atoms with van der Waals surface area (Å²) < 4.78 is 9.13. The van der Waals surface area contributed by atoms with Crippen molar-refractivity contribution in [2.75, 3.05) is 19.7 Å². The van der Waals surface area contributed by atoms with Crippen LogP contribution >= 0.6 is 0 Å². The fourth-order valence-corrected chi connectivity index (χ4v) is 0.938. The zero-order valence-corrected chi connectivity index (χ0v) is 9.29. The highest BCUT2D eigenvalue weighted by Crippen LogP contribution is 2.06. The van der Waals surface area contributed by atoms with E-state index in [2.05, 4.69) is 19.6 Å². The summed E-state index contributed by atoms with van der Waals surface area (Å²) in [4.78, 5) is 15.8. The topological polar surface area (TPSA) is 86.4 Å². The molecule has 0 aromatic heterocycles. The lowest BCUT2D eigenvalue weighted by Gasteiger charge is -2.25. The lowest BCUT2D eigenvalue weighted by molar-refractivity contribution is -0.724. The number of carbonyl (C=O) groups excluding carboxylic acids is 1. The summed E-state index contributed by atoms with van der Waals surface area (Å²) in [6, 6.07) is 0. The molecule has 1 aliphatic rings. The molecule has 0 spiro atoms. The molecule has 1 saturated heterocycles. The van der Waals surface area contributed by atoms with Gasteiger partial charge in [0.05, 0.1) is 24.7 Å². The van der Waals surface area contributed by atoms with Crippen LogP contribution < -0.4 is 0 Å². The minimum absolute atomic E-state index is 0.212. The van der Waals surface area contributed by atoms with Gasteiger partial charge in [-0.05, 0) is 13.3 Å². The summed E-state index contributed by atoms with van der Waals surface area (Å²) in [6.07, 6.45) is -0.855. The molecule has 1 atom stereocenters.